The number of para-hydroxylation sites is 1. The molecule has 0 spiro atoms. The minimum atomic E-state index is -0.932. The number of hydrogen-bond donors (Lipinski definition) is 3. The number of aliphatic hydroxyl groups excluding tert-OH is 1. The van der Waals surface area contributed by atoms with E-state index in [1.165, 1.54) is 35.0 Å². The lowest BCUT2D eigenvalue weighted by Gasteiger charge is -2.30. The van der Waals surface area contributed by atoms with E-state index in [4.69, 9.17) is 10.4 Å². The second kappa shape index (κ2) is 10.6. The first-order chi connectivity index (χ1) is 16.6. The second-order valence-corrected chi connectivity index (χ2v) is 9.20. The molecule has 2 amide bonds. The number of rotatable bonds is 8. The Kier molecular flexibility index (Phi) is 7.82. The van der Waals surface area contributed by atoms with Crippen LogP contribution in [-0.4, -0.2) is 45.9 Å². The van der Waals surface area contributed by atoms with Gasteiger partial charge in [-0.15, -0.1) is 0 Å². The summed E-state index contributed by atoms with van der Waals surface area (Å²) in [7, 11) is 0. The van der Waals surface area contributed by atoms with Crippen LogP contribution in [0, 0.1) is 28.4 Å². The Labute approximate surface area is 201 Å². The molecule has 0 saturated heterocycles. The highest BCUT2D eigenvalue weighted by atomic mass is 19.1. The number of carbonyl (C=O) groups is 2. The van der Waals surface area contributed by atoms with Gasteiger partial charge in [0.1, 0.15) is 23.2 Å². The standard InChI is InChI=1S/C25H27F2N5O3/c1-25(2,3)22(24(35)29-10-5-11-33)30-23(34)20-17-6-4-7-18(26)21(17)32(31-20)14-16-9-8-15(13-28)12-19(16)27/h4,6-9,12,22,33H,5,10-11,14H2,1-3H3,(H,29,35)(H,30,34). The van der Waals surface area contributed by atoms with E-state index >= 15 is 0 Å². The lowest BCUT2D eigenvalue weighted by atomic mass is 9.86. The van der Waals surface area contributed by atoms with Crippen LogP contribution in [0.4, 0.5) is 8.78 Å². The van der Waals surface area contributed by atoms with Crippen LogP contribution in [0.3, 0.4) is 0 Å². The molecule has 1 heterocycles. The van der Waals surface area contributed by atoms with Crippen molar-refractivity contribution in [2.45, 2.75) is 39.8 Å². The van der Waals surface area contributed by atoms with Gasteiger partial charge in [-0.25, -0.2) is 8.78 Å². The fourth-order valence-electron chi connectivity index (χ4n) is 3.65. The first-order valence-corrected chi connectivity index (χ1v) is 11.1. The zero-order valence-electron chi connectivity index (χ0n) is 19.7. The number of amides is 2. The van der Waals surface area contributed by atoms with Crippen molar-refractivity contribution in [1.82, 2.24) is 20.4 Å². The molecule has 35 heavy (non-hydrogen) atoms. The van der Waals surface area contributed by atoms with E-state index in [1.807, 2.05) is 6.07 Å². The Balaban J connectivity index is 1.96. The molecule has 0 radical (unpaired) electrons. The summed E-state index contributed by atoms with van der Waals surface area (Å²) < 4.78 is 30.5. The van der Waals surface area contributed by atoms with Crippen LogP contribution in [0.2, 0.25) is 0 Å². The third-order valence-corrected chi connectivity index (χ3v) is 5.48. The summed E-state index contributed by atoms with van der Waals surface area (Å²) in [6, 6.07) is 9.03. The Morgan fingerprint density at radius 3 is 2.57 bits per heavy atom. The Hall–Kier alpha value is -3.84. The molecule has 10 heteroatoms. The van der Waals surface area contributed by atoms with E-state index in [2.05, 4.69) is 15.7 Å². The van der Waals surface area contributed by atoms with Gasteiger partial charge >= 0.3 is 0 Å². The average molecular weight is 484 g/mol. The number of nitrogens with one attached hydrogen (secondary N) is 2. The number of fused-ring (bicyclic) bond motifs is 1. The van der Waals surface area contributed by atoms with Crippen molar-refractivity contribution in [3.8, 4) is 6.07 Å². The topological polar surface area (TPSA) is 120 Å². The van der Waals surface area contributed by atoms with E-state index in [1.54, 1.807) is 20.8 Å². The van der Waals surface area contributed by atoms with Crippen LogP contribution in [0.1, 0.15) is 48.8 Å². The molecule has 0 aliphatic carbocycles. The minimum absolute atomic E-state index is 0.0149. The first kappa shape index (κ1) is 25.8. The lowest BCUT2D eigenvalue weighted by Crippen LogP contribution is -2.53. The lowest BCUT2D eigenvalue weighted by molar-refractivity contribution is -0.125. The normalized spacial score (nSPS) is 12.3. The van der Waals surface area contributed by atoms with Crippen molar-refractivity contribution >= 4 is 22.7 Å². The Bertz CT molecular complexity index is 1290. The number of benzene rings is 2. The molecule has 0 saturated carbocycles. The maximum atomic E-state index is 14.8. The minimum Gasteiger partial charge on any atom is -0.396 e. The van der Waals surface area contributed by atoms with E-state index in [-0.39, 0.29) is 47.4 Å². The van der Waals surface area contributed by atoms with Gasteiger partial charge < -0.3 is 15.7 Å². The van der Waals surface area contributed by atoms with E-state index in [0.29, 0.717) is 6.42 Å². The van der Waals surface area contributed by atoms with Crippen molar-refractivity contribution < 1.29 is 23.5 Å². The smallest absolute Gasteiger partial charge is 0.273 e. The summed E-state index contributed by atoms with van der Waals surface area (Å²) in [5, 5.41) is 27.7. The zero-order valence-corrected chi connectivity index (χ0v) is 19.7. The molecule has 0 bridgehead atoms. The van der Waals surface area contributed by atoms with E-state index in [0.717, 1.165) is 6.07 Å². The van der Waals surface area contributed by atoms with Crippen LogP contribution in [0.25, 0.3) is 10.9 Å². The van der Waals surface area contributed by atoms with Crippen molar-refractivity contribution in [2.24, 2.45) is 5.41 Å². The van der Waals surface area contributed by atoms with Crippen molar-refractivity contribution in [1.29, 1.82) is 5.26 Å². The molecular weight excluding hydrogens is 456 g/mol. The number of aromatic nitrogens is 2. The number of hydrogen-bond acceptors (Lipinski definition) is 5. The number of carbonyl (C=O) groups excluding carboxylic acids is 2. The maximum absolute atomic E-state index is 14.8. The summed E-state index contributed by atoms with van der Waals surface area (Å²) in [5.41, 5.74) is -0.436. The zero-order chi connectivity index (χ0) is 25.8. The highest BCUT2D eigenvalue weighted by molar-refractivity contribution is 6.06. The summed E-state index contributed by atoms with van der Waals surface area (Å²) in [6.07, 6.45) is 0.372. The van der Waals surface area contributed by atoms with Crippen LogP contribution < -0.4 is 10.6 Å². The van der Waals surface area contributed by atoms with E-state index < -0.39 is 34.9 Å². The molecule has 3 aromatic rings. The molecule has 0 aliphatic rings. The molecular formula is C25H27F2N5O3. The molecule has 3 rings (SSSR count). The number of nitrogens with zero attached hydrogens (tertiary/aromatic N) is 3. The summed E-state index contributed by atoms with van der Waals surface area (Å²) in [6.45, 7) is 5.35. The number of nitriles is 1. The molecule has 0 aliphatic heterocycles. The summed E-state index contributed by atoms with van der Waals surface area (Å²) >= 11 is 0. The SMILES string of the molecule is CC(C)(C)C(NC(=O)c1nn(Cc2ccc(C#N)cc2F)c2c(F)cccc12)C(=O)NCCCO. The summed E-state index contributed by atoms with van der Waals surface area (Å²) in [4.78, 5) is 26.0. The van der Waals surface area contributed by atoms with Gasteiger partial charge in [0.05, 0.1) is 18.2 Å². The van der Waals surface area contributed by atoms with Crippen LogP contribution >= 0.6 is 0 Å². The highest BCUT2D eigenvalue weighted by Crippen LogP contribution is 2.25. The van der Waals surface area contributed by atoms with Crippen LogP contribution in [-0.2, 0) is 11.3 Å². The number of halogens is 2. The molecule has 2 aromatic carbocycles. The third-order valence-electron chi connectivity index (χ3n) is 5.48. The van der Waals surface area contributed by atoms with Gasteiger partial charge in [-0.05, 0) is 30.0 Å². The van der Waals surface area contributed by atoms with Gasteiger partial charge in [0, 0.05) is 24.1 Å². The largest absolute Gasteiger partial charge is 0.396 e. The summed E-state index contributed by atoms with van der Waals surface area (Å²) in [5.74, 6) is -2.40. The predicted octanol–water partition coefficient (Wildman–Crippen LogP) is 2.88. The fraction of sp³-hybridized carbons (Fsp3) is 0.360. The van der Waals surface area contributed by atoms with Crippen LogP contribution in [0.15, 0.2) is 36.4 Å². The monoisotopic (exact) mass is 483 g/mol. The van der Waals surface area contributed by atoms with E-state index in [9.17, 15) is 18.4 Å². The molecule has 0 fully saturated rings. The Morgan fingerprint density at radius 1 is 1.20 bits per heavy atom. The average Bonchev–Trinajstić information content (AvgIpc) is 3.17. The first-order valence-electron chi connectivity index (χ1n) is 11.1. The van der Waals surface area contributed by atoms with Gasteiger partial charge in [0.15, 0.2) is 5.69 Å². The van der Waals surface area contributed by atoms with Crippen molar-refractivity contribution in [2.75, 3.05) is 13.2 Å². The third kappa shape index (κ3) is 5.81. The molecule has 8 nitrogen and oxygen atoms in total. The Morgan fingerprint density at radius 2 is 1.94 bits per heavy atom. The van der Waals surface area contributed by atoms with Gasteiger partial charge in [-0.3, -0.25) is 14.3 Å². The molecule has 184 valence electrons. The molecule has 3 N–H and O–H groups in total. The van der Waals surface area contributed by atoms with Gasteiger partial charge in [-0.1, -0.05) is 39.0 Å². The maximum Gasteiger partial charge on any atom is 0.273 e. The quantitative estimate of drug-likeness (QED) is 0.426. The molecule has 1 aromatic heterocycles. The van der Waals surface area contributed by atoms with Crippen molar-refractivity contribution in [3.05, 3.63) is 64.9 Å². The molecule has 1 unspecified atom stereocenters. The van der Waals surface area contributed by atoms with Crippen molar-refractivity contribution in [3.63, 3.8) is 0 Å². The number of aliphatic hydroxyl groups is 1. The molecule has 1 atom stereocenters. The van der Waals surface area contributed by atoms with Gasteiger partial charge in [0.2, 0.25) is 5.91 Å². The van der Waals surface area contributed by atoms with Gasteiger partial charge in [0.25, 0.3) is 5.91 Å². The van der Waals surface area contributed by atoms with Gasteiger partial charge in [-0.2, -0.15) is 10.4 Å². The predicted molar refractivity (Wildman–Crippen MR) is 125 cm³/mol. The second-order valence-electron chi connectivity index (χ2n) is 9.20. The highest BCUT2D eigenvalue weighted by Gasteiger charge is 2.34. The fourth-order valence-corrected chi connectivity index (χ4v) is 3.65. The van der Waals surface area contributed by atoms with Crippen LogP contribution in [0.5, 0.6) is 0 Å².